The number of halogens is 4. The highest BCUT2D eigenvalue weighted by molar-refractivity contribution is 5.92. The Morgan fingerprint density at radius 2 is 1.74 bits per heavy atom. The Bertz CT molecular complexity index is 658. The zero-order valence-electron chi connectivity index (χ0n) is 15.2. The molecule has 1 fully saturated rings. The summed E-state index contributed by atoms with van der Waals surface area (Å²) in [5.74, 6) is -0.879. The van der Waals surface area contributed by atoms with Gasteiger partial charge < -0.3 is 14.4 Å². The summed E-state index contributed by atoms with van der Waals surface area (Å²) in [5.41, 5.74) is 0.167. The predicted octanol–water partition coefficient (Wildman–Crippen LogP) is 5.08. The lowest BCUT2D eigenvalue weighted by Crippen LogP contribution is -2.42. The molecule has 1 aliphatic carbocycles. The van der Waals surface area contributed by atoms with E-state index in [4.69, 9.17) is 0 Å². The average molecular weight is 389 g/mol. The molecule has 1 amide bonds. The number of hydrogen-bond donors (Lipinski definition) is 0. The highest BCUT2D eigenvalue weighted by Gasteiger charge is 2.27. The molecule has 1 aromatic carbocycles. The van der Waals surface area contributed by atoms with Crippen molar-refractivity contribution in [1.82, 2.24) is 4.90 Å². The van der Waals surface area contributed by atoms with Gasteiger partial charge in [0.1, 0.15) is 11.5 Å². The molecular formula is C19H23F4NO3. The van der Waals surface area contributed by atoms with Crippen LogP contribution in [0.15, 0.2) is 24.3 Å². The van der Waals surface area contributed by atoms with Crippen LogP contribution in [0.4, 0.5) is 17.6 Å². The van der Waals surface area contributed by atoms with E-state index in [2.05, 4.69) is 9.47 Å². The van der Waals surface area contributed by atoms with Crippen molar-refractivity contribution in [3.8, 4) is 11.5 Å². The van der Waals surface area contributed by atoms with Crippen molar-refractivity contribution in [1.29, 1.82) is 0 Å². The van der Waals surface area contributed by atoms with Gasteiger partial charge in [-0.1, -0.05) is 12.8 Å². The van der Waals surface area contributed by atoms with Gasteiger partial charge in [0.05, 0.1) is 0 Å². The van der Waals surface area contributed by atoms with Gasteiger partial charge in [0, 0.05) is 29.8 Å². The minimum absolute atomic E-state index is 0.00357. The number of amides is 1. The van der Waals surface area contributed by atoms with Crippen LogP contribution in [0.2, 0.25) is 0 Å². The van der Waals surface area contributed by atoms with Crippen LogP contribution in [0.5, 0.6) is 11.5 Å². The molecule has 0 spiro atoms. The van der Waals surface area contributed by atoms with Crippen LogP contribution < -0.4 is 9.47 Å². The molecule has 0 atom stereocenters. The Kier molecular flexibility index (Phi) is 7.50. The molecule has 2 rings (SSSR count). The Morgan fingerprint density at radius 3 is 2.30 bits per heavy atom. The monoisotopic (exact) mass is 389 g/mol. The number of carbonyl (C=O) groups is 1. The normalized spacial score (nSPS) is 15.3. The van der Waals surface area contributed by atoms with Crippen LogP contribution in [-0.2, 0) is 4.79 Å². The van der Waals surface area contributed by atoms with Crippen LogP contribution in [0.1, 0.15) is 45.1 Å². The van der Waals surface area contributed by atoms with Crippen LogP contribution in [-0.4, -0.2) is 36.1 Å². The molecule has 0 aromatic heterocycles. The third kappa shape index (κ3) is 6.15. The molecule has 1 aliphatic rings. The minimum atomic E-state index is -3.14. The van der Waals surface area contributed by atoms with E-state index in [1.807, 2.05) is 13.8 Å². The van der Waals surface area contributed by atoms with Crippen molar-refractivity contribution in [2.75, 3.05) is 0 Å². The van der Waals surface area contributed by atoms with Gasteiger partial charge in [-0.2, -0.15) is 17.6 Å². The number of hydrogen-bond acceptors (Lipinski definition) is 3. The van der Waals surface area contributed by atoms with Gasteiger partial charge in [-0.15, -0.1) is 0 Å². The average Bonchev–Trinajstić information content (AvgIpc) is 3.06. The van der Waals surface area contributed by atoms with E-state index in [0.717, 1.165) is 31.7 Å². The number of alkyl halides is 4. The summed E-state index contributed by atoms with van der Waals surface area (Å²) in [5, 5.41) is 0. The molecule has 1 saturated carbocycles. The summed E-state index contributed by atoms with van der Waals surface area (Å²) < 4.78 is 58.4. The van der Waals surface area contributed by atoms with Gasteiger partial charge >= 0.3 is 13.2 Å². The second kappa shape index (κ2) is 9.62. The molecule has 0 bridgehead atoms. The molecule has 0 saturated heterocycles. The first-order valence-electron chi connectivity index (χ1n) is 8.82. The summed E-state index contributed by atoms with van der Waals surface area (Å²) in [7, 11) is 0. The Labute approximate surface area is 155 Å². The maximum absolute atomic E-state index is 12.6. The zero-order chi connectivity index (χ0) is 20.0. The van der Waals surface area contributed by atoms with Gasteiger partial charge in [0.15, 0.2) is 0 Å². The summed E-state index contributed by atoms with van der Waals surface area (Å²) in [6.45, 7) is -2.38. The molecule has 150 valence electrons. The van der Waals surface area contributed by atoms with Crippen LogP contribution in [0.25, 0.3) is 6.08 Å². The Hall–Kier alpha value is -2.25. The molecule has 27 heavy (non-hydrogen) atoms. The Morgan fingerprint density at radius 1 is 1.11 bits per heavy atom. The number of carbonyl (C=O) groups excluding carboxylic acids is 1. The van der Waals surface area contributed by atoms with Gasteiger partial charge in [0.2, 0.25) is 5.91 Å². The number of ether oxygens (including phenoxy) is 2. The maximum atomic E-state index is 12.6. The summed E-state index contributed by atoms with van der Waals surface area (Å²) in [6, 6.07) is 3.60. The largest absolute Gasteiger partial charge is 0.435 e. The third-order valence-electron chi connectivity index (χ3n) is 4.36. The number of rotatable bonds is 8. The first-order chi connectivity index (χ1) is 12.8. The van der Waals surface area contributed by atoms with E-state index in [-0.39, 0.29) is 35.1 Å². The van der Waals surface area contributed by atoms with Crippen molar-refractivity contribution in [3.63, 3.8) is 0 Å². The van der Waals surface area contributed by atoms with Gasteiger partial charge in [-0.3, -0.25) is 4.79 Å². The van der Waals surface area contributed by atoms with Crippen molar-refractivity contribution in [3.05, 3.63) is 29.8 Å². The summed E-state index contributed by atoms with van der Waals surface area (Å²) >= 11 is 0. The van der Waals surface area contributed by atoms with E-state index in [1.165, 1.54) is 24.3 Å². The van der Waals surface area contributed by atoms with Crippen LogP contribution in [0, 0.1) is 0 Å². The highest BCUT2D eigenvalue weighted by atomic mass is 19.3. The van der Waals surface area contributed by atoms with Crippen LogP contribution in [0.3, 0.4) is 0 Å². The van der Waals surface area contributed by atoms with Crippen molar-refractivity contribution in [2.45, 2.75) is 64.8 Å². The summed E-state index contributed by atoms with van der Waals surface area (Å²) in [4.78, 5) is 14.4. The van der Waals surface area contributed by atoms with Crippen molar-refractivity contribution in [2.24, 2.45) is 0 Å². The lowest BCUT2D eigenvalue weighted by atomic mass is 10.1. The quantitative estimate of drug-likeness (QED) is 0.460. The van der Waals surface area contributed by atoms with Gasteiger partial charge in [-0.25, -0.2) is 0 Å². The van der Waals surface area contributed by atoms with Crippen molar-refractivity contribution < 1.29 is 31.8 Å². The standard InChI is InChI=1S/C19H23F4NO3/c1-12(2)24(14-5-3-4-6-14)17(25)10-8-13-7-9-15(26-18(20)21)11-16(13)27-19(22)23/h7-12,14,18-19H,3-6H2,1-2H3/b10-8+. The smallest absolute Gasteiger partial charge is 0.387 e. The molecule has 1 aromatic rings. The SMILES string of the molecule is CC(C)N(C(=O)/C=C/c1ccc(OC(F)F)cc1OC(F)F)C1CCCC1. The lowest BCUT2D eigenvalue weighted by molar-refractivity contribution is -0.130. The minimum Gasteiger partial charge on any atom is -0.435 e. The van der Waals surface area contributed by atoms with E-state index in [9.17, 15) is 22.4 Å². The third-order valence-corrected chi connectivity index (χ3v) is 4.36. The first-order valence-corrected chi connectivity index (χ1v) is 8.82. The molecule has 0 aliphatic heterocycles. The number of benzene rings is 1. The second-order valence-corrected chi connectivity index (χ2v) is 6.57. The van der Waals surface area contributed by atoms with E-state index in [0.29, 0.717) is 0 Å². The molecule has 0 radical (unpaired) electrons. The fourth-order valence-electron chi connectivity index (χ4n) is 3.31. The predicted molar refractivity (Wildman–Crippen MR) is 93.0 cm³/mol. The first kappa shape index (κ1) is 21.1. The lowest BCUT2D eigenvalue weighted by Gasteiger charge is -2.31. The van der Waals surface area contributed by atoms with Gasteiger partial charge in [0.25, 0.3) is 0 Å². The molecule has 8 heteroatoms. The molecule has 4 nitrogen and oxygen atoms in total. The zero-order valence-corrected chi connectivity index (χ0v) is 15.2. The topological polar surface area (TPSA) is 38.8 Å². The fourth-order valence-corrected chi connectivity index (χ4v) is 3.31. The van der Waals surface area contributed by atoms with Crippen molar-refractivity contribution >= 4 is 12.0 Å². The Balaban J connectivity index is 2.21. The van der Waals surface area contributed by atoms with Crippen LogP contribution >= 0.6 is 0 Å². The van der Waals surface area contributed by atoms with E-state index < -0.39 is 13.2 Å². The molecular weight excluding hydrogens is 366 g/mol. The molecule has 0 heterocycles. The fraction of sp³-hybridized carbons (Fsp3) is 0.526. The second-order valence-electron chi connectivity index (χ2n) is 6.57. The van der Waals surface area contributed by atoms with E-state index in [1.54, 1.807) is 4.90 Å². The molecule has 0 unspecified atom stereocenters. The summed E-state index contributed by atoms with van der Waals surface area (Å²) in [6.07, 6.45) is 6.66. The number of nitrogens with zero attached hydrogens (tertiary/aromatic N) is 1. The van der Waals surface area contributed by atoms with E-state index >= 15 is 0 Å². The molecule has 0 N–H and O–H groups in total. The highest BCUT2D eigenvalue weighted by Crippen LogP contribution is 2.29. The maximum Gasteiger partial charge on any atom is 0.387 e. The van der Waals surface area contributed by atoms with Gasteiger partial charge in [-0.05, 0) is 44.9 Å².